The highest BCUT2D eigenvalue weighted by molar-refractivity contribution is 7.93. The minimum atomic E-state index is -4.04. The summed E-state index contributed by atoms with van der Waals surface area (Å²) in [5.41, 5.74) is -0.821. The number of nitrogens with one attached hydrogen (secondary N) is 1. The lowest BCUT2D eigenvalue weighted by Gasteiger charge is -2.41. The number of nitro benzene ring substituents is 1. The van der Waals surface area contributed by atoms with Gasteiger partial charge in [0.25, 0.3) is 5.69 Å². The summed E-state index contributed by atoms with van der Waals surface area (Å²) in [4.78, 5) is 10.7. The first-order chi connectivity index (χ1) is 13.2. The van der Waals surface area contributed by atoms with Gasteiger partial charge in [-0.2, -0.15) is 5.26 Å². The van der Waals surface area contributed by atoms with Crippen molar-refractivity contribution in [2.75, 3.05) is 12.4 Å². The van der Waals surface area contributed by atoms with Crippen molar-refractivity contribution in [3.8, 4) is 6.07 Å². The summed E-state index contributed by atoms with van der Waals surface area (Å²) in [6.45, 7) is 7.70. The molecule has 11 heteroatoms. The molecule has 29 heavy (non-hydrogen) atoms. The zero-order valence-electron chi connectivity index (χ0n) is 17.0. The first-order valence-electron chi connectivity index (χ1n) is 8.84. The number of fused-ring (bicyclic) bond motifs is 1. The molecular weight excluding hydrogens is 418 g/mol. The smallest absolute Gasteiger partial charge is 0.269 e. The minimum Gasteiger partial charge on any atom is -0.598 e. The van der Waals surface area contributed by atoms with E-state index in [2.05, 4.69) is 4.72 Å². The normalized spacial score (nSPS) is 21.1. The molecule has 1 aliphatic rings. The van der Waals surface area contributed by atoms with E-state index in [1.807, 2.05) is 0 Å². The summed E-state index contributed by atoms with van der Waals surface area (Å²) < 4.78 is 45.1. The second-order valence-corrected chi connectivity index (χ2v) is 13.0. The molecule has 1 aromatic carbocycles. The van der Waals surface area contributed by atoms with Crippen LogP contribution in [0.4, 0.5) is 5.69 Å². The van der Waals surface area contributed by atoms with E-state index in [1.54, 1.807) is 26.8 Å². The molecular formula is C18H25N3O6S2. The van der Waals surface area contributed by atoms with Gasteiger partial charge in [-0.05, 0) is 51.8 Å². The van der Waals surface area contributed by atoms with Crippen LogP contribution in [-0.4, -0.2) is 39.7 Å². The van der Waals surface area contributed by atoms with Gasteiger partial charge in [-0.25, -0.2) is 8.42 Å². The summed E-state index contributed by atoms with van der Waals surface area (Å²) in [6, 6.07) is 5.89. The second kappa shape index (κ2) is 7.85. The summed E-state index contributed by atoms with van der Waals surface area (Å²) in [6.07, 6.45) is 0. The number of hydrogen-bond acceptors (Lipinski definition) is 8. The molecule has 0 saturated heterocycles. The molecule has 9 nitrogen and oxygen atoms in total. The zero-order valence-corrected chi connectivity index (χ0v) is 18.6. The fraction of sp³-hybridized carbons (Fsp3) is 0.611. The Morgan fingerprint density at radius 3 is 2.48 bits per heavy atom. The Bertz CT molecular complexity index is 949. The largest absolute Gasteiger partial charge is 0.598 e. The minimum absolute atomic E-state index is 0.139. The van der Waals surface area contributed by atoms with Gasteiger partial charge in [0.15, 0.2) is 14.6 Å². The zero-order chi connectivity index (χ0) is 22.3. The first kappa shape index (κ1) is 23.6. The topological polar surface area (TPSA) is 145 Å². The third kappa shape index (κ3) is 4.73. The van der Waals surface area contributed by atoms with E-state index in [9.17, 15) is 28.3 Å². The van der Waals surface area contributed by atoms with E-state index >= 15 is 0 Å². The maximum Gasteiger partial charge on any atom is 0.269 e. The van der Waals surface area contributed by atoms with Crippen LogP contribution >= 0.6 is 0 Å². The Morgan fingerprint density at radius 2 is 1.97 bits per heavy atom. The number of nitro groups is 1. The van der Waals surface area contributed by atoms with Gasteiger partial charge >= 0.3 is 0 Å². The average molecular weight is 444 g/mol. The van der Waals surface area contributed by atoms with E-state index in [4.69, 9.17) is 4.74 Å². The third-order valence-electron chi connectivity index (χ3n) is 4.75. The van der Waals surface area contributed by atoms with Crippen LogP contribution in [0, 0.1) is 21.4 Å². The molecule has 2 rings (SSSR count). The van der Waals surface area contributed by atoms with Crippen LogP contribution in [0.3, 0.4) is 0 Å². The number of nitrogens with zero attached hydrogens (tertiary/aromatic N) is 2. The van der Waals surface area contributed by atoms with Crippen molar-refractivity contribution in [2.24, 2.45) is 0 Å². The second-order valence-electron chi connectivity index (χ2n) is 8.54. The molecule has 1 heterocycles. The summed E-state index contributed by atoms with van der Waals surface area (Å²) in [5, 5.41) is 20.6. The number of non-ortho nitro benzene ring substituents is 1. The number of rotatable bonds is 6. The Labute approximate surface area is 173 Å². The number of nitriles is 1. The van der Waals surface area contributed by atoms with Crippen molar-refractivity contribution in [1.29, 1.82) is 5.26 Å². The van der Waals surface area contributed by atoms with Gasteiger partial charge in [0.1, 0.15) is 10.3 Å². The van der Waals surface area contributed by atoms with Gasteiger partial charge < -0.3 is 9.29 Å². The lowest BCUT2D eigenvalue weighted by atomic mass is 9.87. The van der Waals surface area contributed by atoms with Crippen LogP contribution in [0.5, 0.6) is 0 Å². The van der Waals surface area contributed by atoms with E-state index in [0.29, 0.717) is 11.1 Å². The Kier molecular flexibility index (Phi) is 6.38. The van der Waals surface area contributed by atoms with Crippen molar-refractivity contribution in [1.82, 2.24) is 4.72 Å². The van der Waals surface area contributed by atoms with Crippen molar-refractivity contribution in [3.05, 3.63) is 39.4 Å². The van der Waals surface area contributed by atoms with E-state index in [-0.39, 0.29) is 18.9 Å². The molecule has 0 bridgehead atoms. The van der Waals surface area contributed by atoms with Gasteiger partial charge in [0.2, 0.25) is 0 Å². The lowest BCUT2D eigenvalue weighted by molar-refractivity contribution is -0.385. The molecule has 0 radical (unpaired) electrons. The predicted octanol–water partition coefficient (Wildman–Crippen LogP) is 2.09. The van der Waals surface area contributed by atoms with Crippen molar-refractivity contribution in [3.63, 3.8) is 0 Å². The highest BCUT2D eigenvalue weighted by atomic mass is 32.2. The molecule has 0 aliphatic carbocycles. The monoisotopic (exact) mass is 443 g/mol. The summed E-state index contributed by atoms with van der Waals surface area (Å²) >= 11 is -1.71. The fourth-order valence-corrected chi connectivity index (χ4v) is 5.25. The van der Waals surface area contributed by atoms with Gasteiger partial charge in [0, 0.05) is 23.5 Å². The van der Waals surface area contributed by atoms with E-state index in [1.165, 1.54) is 32.0 Å². The molecule has 1 aliphatic heterocycles. The lowest BCUT2D eigenvalue weighted by Crippen LogP contribution is -2.59. The number of sulfone groups is 1. The summed E-state index contributed by atoms with van der Waals surface area (Å²) in [5.74, 6) is -0.601. The van der Waals surface area contributed by atoms with Gasteiger partial charge in [0.05, 0.1) is 30.0 Å². The first-order valence-corrected chi connectivity index (χ1v) is 11.6. The molecule has 0 aromatic heterocycles. The van der Waals surface area contributed by atoms with Crippen LogP contribution < -0.4 is 4.72 Å². The van der Waals surface area contributed by atoms with Gasteiger partial charge in [-0.15, -0.1) is 4.72 Å². The molecule has 0 unspecified atom stereocenters. The number of ether oxygens (including phenoxy) is 1. The SMILES string of the molecule is CC(C)(C)[S@@+]([O-])N[C@]1(CS(=O)(=O)C(C)(C)C#N)COCc2ccc([N+](=O)[O-])cc21. The maximum atomic E-state index is 13.1. The molecule has 1 aromatic rings. The van der Waals surface area contributed by atoms with Crippen LogP contribution in [-0.2, 0) is 38.1 Å². The highest BCUT2D eigenvalue weighted by Gasteiger charge is 2.50. The Balaban J connectivity index is 2.70. The van der Waals surface area contributed by atoms with Crippen molar-refractivity contribution >= 4 is 26.9 Å². The van der Waals surface area contributed by atoms with Gasteiger partial charge in [-0.1, -0.05) is 0 Å². The van der Waals surface area contributed by atoms with Gasteiger partial charge in [-0.3, -0.25) is 10.1 Å². The average Bonchev–Trinajstić information content (AvgIpc) is 2.60. The van der Waals surface area contributed by atoms with Crippen LogP contribution in [0.25, 0.3) is 0 Å². The molecule has 1 N–H and O–H groups in total. The predicted molar refractivity (Wildman–Crippen MR) is 109 cm³/mol. The summed E-state index contributed by atoms with van der Waals surface area (Å²) in [7, 11) is -4.04. The maximum absolute atomic E-state index is 13.1. The number of hydrogen-bond donors (Lipinski definition) is 1. The third-order valence-corrected chi connectivity index (χ3v) is 8.96. The Morgan fingerprint density at radius 1 is 1.34 bits per heavy atom. The quantitative estimate of drug-likeness (QED) is 0.399. The van der Waals surface area contributed by atoms with Crippen LogP contribution in [0.15, 0.2) is 18.2 Å². The highest BCUT2D eigenvalue weighted by Crippen LogP contribution is 2.38. The molecule has 2 atom stereocenters. The Hall–Kier alpha value is -1.71. The van der Waals surface area contributed by atoms with Crippen LogP contribution in [0.1, 0.15) is 45.7 Å². The number of benzene rings is 1. The molecule has 0 amide bonds. The van der Waals surface area contributed by atoms with E-state index < -0.39 is 46.9 Å². The fourth-order valence-electron chi connectivity index (χ4n) is 2.80. The van der Waals surface area contributed by atoms with Crippen molar-refractivity contribution < 1.29 is 22.6 Å². The molecule has 0 saturated carbocycles. The van der Waals surface area contributed by atoms with Crippen molar-refractivity contribution in [2.45, 2.75) is 56.3 Å². The standard InChI is InChI=1S/C18H25N3O6S2/c1-16(2,3)28(24)20-18(12-29(25,26)17(4,5)10-19)11-27-9-13-6-7-14(21(22)23)8-15(13)18/h6-8,20H,9,11-12H2,1-5H3/t18-,28+/m0/s1. The molecule has 0 spiro atoms. The van der Waals surface area contributed by atoms with Crippen LogP contribution in [0.2, 0.25) is 0 Å². The van der Waals surface area contributed by atoms with E-state index in [0.717, 1.165) is 0 Å². The molecule has 160 valence electrons. The molecule has 0 fully saturated rings.